The van der Waals surface area contributed by atoms with Crippen molar-refractivity contribution in [2.45, 2.75) is 57.4 Å². The Balaban J connectivity index is 0.00000292. The molecule has 1 unspecified atom stereocenters. The molecule has 260 valence electrons. The van der Waals surface area contributed by atoms with Crippen molar-refractivity contribution in [2.24, 2.45) is 0 Å². The van der Waals surface area contributed by atoms with Crippen molar-refractivity contribution in [1.29, 1.82) is 0 Å². The van der Waals surface area contributed by atoms with E-state index < -0.39 is 49.5 Å². The van der Waals surface area contributed by atoms with Crippen molar-refractivity contribution in [2.75, 3.05) is 24.7 Å². The Morgan fingerprint density at radius 3 is 2.20 bits per heavy atom. The second-order valence-corrected chi connectivity index (χ2v) is 15.3. The molecular formula is C34H33NNa2O12S2. The van der Waals surface area contributed by atoms with Crippen LogP contribution in [0.1, 0.15) is 77.9 Å². The standard InChI is InChI=1S/C34H35NO12S2.2Na/c36-27(37)12-4-10-22-30-31-24(18-35-34(31)39)23-17-26(47-14-6-16-49(43,44)45)19-7-1-2-8-20(19)28(23)32(30)29-21(33(22)38)9-3-11-25(29)46-13-5-15-48(40,41)42;;/h1-2,7-8,11,17,22H,3-6,9-10,12-16,18H2,(H,35,39)(H,36,37)(H,40,41,42)(H,43,44,45);;/q;2*+1/p-2. The Morgan fingerprint density at radius 1 is 0.902 bits per heavy atom. The van der Waals surface area contributed by atoms with Gasteiger partial charge in [-0.25, -0.2) is 16.8 Å². The van der Waals surface area contributed by atoms with Crippen LogP contribution in [0.5, 0.6) is 5.75 Å². The third-order valence-corrected chi connectivity index (χ3v) is 10.6. The fraction of sp³-hybridized carbons (Fsp3) is 0.382. The molecule has 1 atom stereocenters. The maximum absolute atomic E-state index is 14.4. The van der Waals surface area contributed by atoms with Crippen molar-refractivity contribution in [1.82, 2.24) is 5.32 Å². The number of benzene rings is 3. The van der Waals surface area contributed by atoms with Gasteiger partial charge >= 0.3 is 65.1 Å². The molecular weight excluding hydrogens is 724 g/mol. The van der Waals surface area contributed by atoms with E-state index in [1.807, 2.05) is 18.2 Å². The zero-order valence-corrected chi connectivity index (χ0v) is 33.9. The zero-order chi connectivity index (χ0) is 35.1. The van der Waals surface area contributed by atoms with Gasteiger partial charge in [-0.2, -0.15) is 0 Å². The number of carbonyl (C=O) groups excluding carboxylic acids is 2. The van der Waals surface area contributed by atoms with E-state index in [1.54, 1.807) is 18.2 Å². The number of carboxylic acids is 1. The zero-order valence-electron chi connectivity index (χ0n) is 28.3. The third-order valence-electron chi connectivity index (χ3n) is 9.04. The average molecular weight is 758 g/mol. The van der Waals surface area contributed by atoms with Crippen LogP contribution in [0, 0.1) is 0 Å². The van der Waals surface area contributed by atoms with Crippen molar-refractivity contribution in [3.05, 3.63) is 70.0 Å². The molecule has 13 nitrogen and oxygen atoms in total. The Labute approximate surface area is 339 Å². The molecule has 2 aliphatic carbocycles. The van der Waals surface area contributed by atoms with Gasteiger partial charge in [-0.3, -0.25) is 14.4 Å². The van der Waals surface area contributed by atoms with Gasteiger partial charge in [0, 0.05) is 52.5 Å². The molecule has 51 heavy (non-hydrogen) atoms. The first-order valence-corrected chi connectivity index (χ1v) is 19.1. The fourth-order valence-corrected chi connectivity index (χ4v) is 8.06. The largest absolute Gasteiger partial charge is 1.00 e. The van der Waals surface area contributed by atoms with Crippen molar-refractivity contribution < 1.29 is 114 Å². The first-order valence-electron chi connectivity index (χ1n) is 15.9. The number of allylic oxidation sites excluding steroid dienone is 3. The molecule has 17 heteroatoms. The summed E-state index contributed by atoms with van der Waals surface area (Å²) in [5, 5.41) is 15.0. The van der Waals surface area contributed by atoms with Gasteiger partial charge in [-0.1, -0.05) is 24.3 Å². The predicted octanol–water partition coefficient (Wildman–Crippen LogP) is -2.14. The van der Waals surface area contributed by atoms with Gasteiger partial charge in [0.25, 0.3) is 5.91 Å². The van der Waals surface area contributed by atoms with Gasteiger partial charge in [0.1, 0.15) is 11.5 Å². The van der Waals surface area contributed by atoms with Gasteiger partial charge in [0.2, 0.25) is 0 Å². The van der Waals surface area contributed by atoms with E-state index in [2.05, 4.69) is 5.32 Å². The van der Waals surface area contributed by atoms with Crippen molar-refractivity contribution in [3.8, 4) is 5.75 Å². The minimum Gasteiger partial charge on any atom is -0.748 e. The number of fused-ring (bicyclic) bond motifs is 9. The van der Waals surface area contributed by atoms with Crippen LogP contribution >= 0.6 is 0 Å². The van der Waals surface area contributed by atoms with E-state index in [9.17, 15) is 45.4 Å². The number of aliphatic carboxylic acids is 1. The van der Waals surface area contributed by atoms with Crippen LogP contribution in [0.25, 0.3) is 27.1 Å². The summed E-state index contributed by atoms with van der Waals surface area (Å²) in [6.07, 6.45) is 2.71. The van der Waals surface area contributed by atoms with E-state index >= 15 is 0 Å². The normalized spacial score (nSPS) is 16.7. The Hall–Kier alpha value is -2.31. The maximum Gasteiger partial charge on any atom is 1.00 e. The molecule has 3 aromatic rings. The Bertz CT molecular complexity index is 2200. The summed E-state index contributed by atoms with van der Waals surface area (Å²) in [4.78, 5) is 39.5. The number of hydrogen-bond donors (Lipinski definition) is 2. The number of amides is 1. The number of ketones is 1. The molecule has 0 fully saturated rings. The van der Waals surface area contributed by atoms with Crippen LogP contribution in [-0.2, 0) is 41.1 Å². The van der Waals surface area contributed by atoms with Crippen LogP contribution in [0.3, 0.4) is 0 Å². The van der Waals surface area contributed by atoms with Crippen LogP contribution in [0.15, 0.2) is 47.7 Å². The monoisotopic (exact) mass is 757 g/mol. The SMILES string of the molecule is O=C(O)CCCC1C(=O)C2=C(C(OCCCS(=O)(=O)[O-])=CCC2)c2c1c1c(c3cc(OCCCS(=O)(=O)[O-])c4ccccc4c23)CNC1=O.[Na+].[Na+]. The van der Waals surface area contributed by atoms with E-state index in [-0.39, 0.29) is 117 Å². The van der Waals surface area contributed by atoms with E-state index in [4.69, 9.17) is 9.47 Å². The minimum absolute atomic E-state index is 0. The smallest absolute Gasteiger partial charge is 0.748 e. The molecule has 0 radical (unpaired) electrons. The topological polar surface area (TPSA) is 216 Å². The summed E-state index contributed by atoms with van der Waals surface area (Å²) in [5.41, 5.74) is 2.93. The van der Waals surface area contributed by atoms with Crippen LogP contribution < -0.4 is 69.2 Å². The molecule has 3 aromatic carbocycles. The molecule has 1 amide bonds. The summed E-state index contributed by atoms with van der Waals surface area (Å²) in [5.74, 6) is -2.94. The summed E-state index contributed by atoms with van der Waals surface area (Å²) in [6, 6.07) is 9.08. The van der Waals surface area contributed by atoms with Crippen molar-refractivity contribution in [3.63, 3.8) is 0 Å². The molecule has 0 spiro atoms. The first kappa shape index (κ1) is 41.4. The number of ether oxygens (including phenoxy) is 2. The second kappa shape index (κ2) is 16.8. The molecule has 0 bridgehead atoms. The third kappa shape index (κ3) is 8.91. The van der Waals surface area contributed by atoms with Crippen LogP contribution in [0.2, 0.25) is 0 Å². The summed E-state index contributed by atoms with van der Waals surface area (Å²) < 4.78 is 79.4. The summed E-state index contributed by atoms with van der Waals surface area (Å²) >= 11 is 0. The second-order valence-electron chi connectivity index (χ2n) is 12.3. The minimum atomic E-state index is -4.48. The number of nitrogens with one attached hydrogen (secondary N) is 1. The van der Waals surface area contributed by atoms with Gasteiger partial charge < -0.3 is 29.0 Å². The van der Waals surface area contributed by atoms with Crippen LogP contribution in [-0.4, -0.2) is 73.4 Å². The molecule has 1 aliphatic heterocycles. The molecule has 0 saturated heterocycles. The number of hydrogen-bond acceptors (Lipinski definition) is 11. The first-order chi connectivity index (χ1) is 23.2. The Morgan fingerprint density at radius 2 is 1.55 bits per heavy atom. The van der Waals surface area contributed by atoms with Gasteiger partial charge in [-0.05, 0) is 83.5 Å². The quantitative estimate of drug-likeness (QED) is 0.0780. The molecule has 1 heterocycles. The Kier molecular flexibility index (Phi) is 13.6. The maximum atomic E-state index is 14.4. The van der Waals surface area contributed by atoms with E-state index in [0.29, 0.717) is 79.3 Å². The molecule has 6 rings (SSSR count). The van der Waals surface area contributed by atoms with E-state index in [1.165, 1.54) is 0 Å². The van der Waals surface area contributed by atoms with Gasteiger partial charge in [0.05, 0.1) is 33.5 Å². The van der Waals surface area contributed by atoms with Crippen molar-refractivity contribution >= 4 is 65.0 Å². The molecule has 0 aromatic heterocycles. The molecule has 2 N–H and O–H groups in total. The number of Topliss-reactive ketones (excluding diaryl/α,β-unsaturated/α-hetero) is 1. The number of carboxylic acid groups (broad SMARTS) is 1. The summed E-state index contributed by atoms with van der Waals surface area (Å²) in [6.45, 7) is -0.0255. The van der Waals surface area contributed by atoms with Gasteiger partial charge in [0.15, 0.2) is 5.78 Å². The molecule has 0 saturated carbocycles. The van der Waals surface area contributed by atoms with Crippen LogP contribution in [0.4, 0.5) is 0 Å². The number of rotatable bonds is 14. The molecule has 3 aliphatic rings. The fourth-order valence-electron chi connectivity index (χ4n) is 7.12. The van der Waals surface area contributed by atoms with E-state index in [0.717, 1.165) is 0 Å². The predicted molar refractivity (Wildman–Crippen MR) is 176 cm³/mol. The van der Waals surface area contributed by atoms with Gasteiger partial charge in [-0.15, -0.1) is 0 Å². The summed E-state index contributed by atoms with van der Waals surface area (Å²) in [7, 11) is -8.91. The number of carbonyl (C=O) groups is 3. The average Bonchev–Trinajstić information content (AvgIpc) is 3.42.